The van der Waals surface area contributed by atoms with Crippen molar-refractivity contribution in [1.82, 2.24) is 15.3 Å². The molecule has 0 atom stereocenters. The normalized spacial score (nSPS) is 15.0. The van der Waals surface area contributed by atoms with Gasteiger partial charge in [0.25, 0.3) is 0 Å². The lowest BCUT2D eigenvalue weighted by molar-refractivity contribution is 0.150. The first kappa shape index (κ1) is 17.2. The number of hydrogen-bond acceptors (Lipinski definition) is 4. The Morgan fingerprint density at radius 1 is 1.44 bits per heavy atom. The second kappa shape index (κ2) is 7.96. The Balaban J connectivity index is 1.58. The number of fused-ring (bicyclic) bond motifs is 1. The Morgan fingerprint density at radius 3 is 3.08 bits per heavy atom. The third-order valence-corrected chi connectivity index (χ3v) is 4.52. The molecule has 0 aliphatic heterocycles. The van der Waals surface area contributed by atoms with Gasteiger partial charge in [0, 0.05) is 35.9 Å². The zero-order valence-corrected chi connectivity index (χ0v) is 14.8. The van der Waals surface area contributed by atoms with Gasteiger partial charge in [-0.3, -0.25) is 9.82 Å². The third-order valence-electron chi connectivity index (χ3n) is 4.52. The molecule has 3 rings (SSSR count). The van der Waals surface area contributed by atoms with Gasteiger partial charge in [0.2, 0.25) is 0 Å². The Labute approximate surface area is 147 Å². The van der Waals surface area contributed by atoms with Crippen molar-refractivity contribution in [2.24, 2.45) is 5.16 Å². The summed E-state index contributed by atoms with van der Waals surface area (Å²) in [5.41, 5.74) is 6.75. The van der Waals surface area contributed by atoms with Crippen LogP contribution in [0.25, 0.3) is 0 Å². The third kappa shape index (κ3) is 4.07. The molecule has 132 valence electrons. The van der Waals surface area contributed by atoms with Gasteiger partial charge in [0.1, 0.15) is 0 Å². The molecule has 6 heteroatoms. The van der Waals surface area contributed by atoms with Crippen LogP contribution in [-0.4, -0.2) is 28.3 Å². The SMILES string of the molecule is CCc1c(C)[nH]c2c1/C(=N/OC(=O)NCCc1cccnc1)CCC2. The fourth-order valence-electron chi connectivity index (χ4n) is 3.34. The molecule has 2 N–H and O–H groups in total. The molecule has 6 nitrogen and oxygen atoms in total. The molecule has 0 saturated heterocycles. The van der Waals surface area contributed by atoms with E-state index in [-0.39, 0.29) is 0 Å². The summed E-state index contributed by atoms with van der Waals surface area (Å²) in [7, 11) is 0. The van der Waals surface area contributed by atoms with Crippen molar-refractivity contribution in [3.05, 3.63) is 52.6 Å². The molecule has 1 aliphatic rings. The smallest absolute Gasteiger partial charge is 0.362 e. The first-order valence-electron chi connectivity index (χ1n) is 8.80. The maximum absolute atomic E-state index is 11.9. The minimum Gasteiger partial charge on any atom is -0.362 e. The molecule has 25 heavy (non-hydrogen) atoms. The Bertz CT molecular complexity index is 765. The van der Waals surface area contributed by atoms with E-state index >= 15 is 0 Å². The van der Waals surface area contributed by atoms with E-state index in [0.717, 1.165) is 42.5 Å². The largest absolute Gasteiger partial charge is 0.433 e. The number of nitrogens with one attached hydrogen (secondary N) is 2. The number of pyridine rings is 1. The molecule has 0 aromatic carbocycles. The van der Waals surface area contributed by atoms with E-state index in [4.69, 9.17) is 4.84 Å². The number of aryl methyl sites for hydroxylation is 2. The summed E-state index contributed by atoms with van der Waals surface area (Å²) in [6.45, 7) is 4.71. The van der Waals surface area contributed by atoms with Crippen LogP contribution >= 0.6 is 0 Å². The lowest BCUT2D eigenvalue weighted by atomic mass is 9.92. The molecule has 1 amide bonds. The maximum Gasteiger partial charge on any atom is 0.433 e. The first-order chi connectivity index (χ1) is 12.2. The maximum atomic E-state index is 11.9. The average molecular weight is 340 g/mol. The Kier molecular flexibility index (Phi) is 5.48. The Hall–Kier alpha value is -2.63. The van der Waals surface area contributed by atoms with Crippen molar-refractivity contribution < 1.29 is 9.63 Å². The summed E-state index contributed by atoms with van der Waals surface area (Å²) in [5, 5.41) is 6.87. The van der Waals surface area contributed by atoms with Crippen LogP contribution in [0.5, 0.6) is 0 Å². The topological polar surface area (TPSA) is 79.4 Å². The molecule has 0 fully saturated rings. The van der Waals surface area contributed by atoms with Gasteiger partial charge in [0.15, 0.2) is 0 Å². The second-order valence-corrected chi connectivity index (χ2v) is 6.24. The molecule has 2 aromatic rings. The fraction of sp³-hybridized carbons (Fsp3) is 0.421. The van der Waals surface area contributed by atoms with Crippen LogP contribution in [0.4, 0.5) is 4.79 Å². The number of amides is 1. The van der Waals surface area contributed by atoms with Crippen molar-refractivity contribution in [2.75, 3.05) is 6.54 Å². The summed E-state index contributed by atoms with van der Waals surface area (Å²) in [4.78, 5) is 24.5. The van der Waals surface area contributed by atoms with Gasteiger partial charge in [-0.2, -0.15) is 0 Å². The lowest BCUT2D eigenvalue weighted by Crippen LogP contribution is -2.26. The number of nitrogens with zero attached hydrogens (tertiary/aromatic N) is 2. The van der Waals surface area contributed by atoms with Crippen molar-refractivity contribution in [3.8, 4) is 0 Å². The van der Waals surface area contributed by atoms with E-state index in [1.54, 1.807) is 12.4 Å². The van der Waals surface area contributed by atoms with Crippen LogP contribution in [0, 0.1) is 6.92 Å². The number of carbonyl (C=O) groups is 1. The highest BCUT2D eigenvalue weighted by Crippen LogP contribution is 2.27. The zero-order valence-electron chi connectivity index (χ0n) is 14.8. The molecule has 0 spiro atoms. The number of carbonyl (C=O) groups excluding carboxylic acids is 1. The average Bonchev–Trinajstić information content (AvgIpc) is 2.96. The van der Waals surface area contributed by atoms with E-state index in [1.165, 1.54) is 17.0 Å². The quantitative estimate of drug-likeness (QED) is 0.647. The number of rotatable bonds is 5. The zero-order chi connectivity index (χ0) is 17.6. The van der Waals surface area contributed by atoms with Gasteiger partial charge >= 0.3 is 6.09 Å². The molecule has 0 saturated carbocycles. The summed E-state index contributed by atoms with van der Waals surface area (Å²) < 4.78 is 0. The van der Waals surface area contributed by atoms with E-state index < -0.39 is 6.09 Å². The fourth-order valence-corrected chi connectivity index (χ4v) is 3.34. The van der Waals surface area contributed by atoms with Crippen LogP contribution in [0.1, 0.15) is 47.8 Å². The van der Waals surface area contributed by atoms with E-state index in [9.17, 15) is 4.79 Å². The predicted molar refractivity (Wildman–Crippen MR) is 96.8 cm³/mol. The molecule has 1 aliphatic carbocycles. The number of oxime groups is 1. The van der Waals surface area contributed by atoms with E-state index in [2.05, 4.69) is 34.3 Å². The number of aromatic amines is 1. The minimum absolute atomic E-state index is 0.490. The molecular formula is C19H24N4O2. The highest BCUT2D eigenvalue weighted by atomic mass is 16.7. The minimum atomic E-state index is -0.520. The van der Waals surface area contributed by atoms with Gasteiger partial charge in [-0.25, -0.2) is 4.79 Å². The van der Waals surface area contributed by atoms with E-state index in [1.807, 2.05) is 12.1 Å². The van der Waals surface area contributed by atoms with Gasteiger partial charge < -0.3 is 10.3 Å². The second-order valence-electron chi connectivity index (χ2n) is 6.24. The molecule has 0 radical (unpaired) electrons. The van der Waals surface area contributed by atoms with Crippen LogP contribution in [0.15, 0.2) is 29.7 Å². The van der Waals surface area contributed by atoms with Crippen LogP contribution < -0.4 is 5.32 Å². The number of hydrogen-bond donors (Lipinski definition) is 2. The summed E-state index contributed by atoms with van der Waals surface area (Å²) in [5.74, 6) is 0. The van der Waals surface area contributed by atoms with Crippen LogP contribution in [0.2, 0.25) is 0 Å². The summed E-state index contributed by atoms with van der Waals surface area (Å²) in [6.07, 6.45) is 7.51. The van der Waals surface area contributed by atoms with Crippen molar-refractivity contribution in [2.45, 2.75) is 46.0 Å². The standard InChI is InChI=1S/C19H24N4O2/c1-3-15-13(2)22-16-7-4-8-17(18(15)16)23-25-19(24)21-11-9-14-6-5-10-20-12-14/h5-6,10,12,22H,3-4,7-9,11H2,1-2H3,(H,21,24)/b23-17+. The monoisotopic (exact) mass is 340 g/mol. The highest BCUT2D eigenvalue weighted by molar-refractivity contribution is 6.04. The van der Waals surface area contributed by atoms with E-state index in [0.29, 0.717) is 13.0 Å². The highest BCUT2D eigenvalue weighted by Gasteiger charge is 2.23. The molecule has 0 bridgehead atoms. The summed E-state index contributed by atoms with van der Waals surface area (Å²) in [6, 6.07) is 3.86. The van der Waals surface area contributed by atoms with Gasteiger partial charge in [0.05, 0.1) is 5.71 Å². The lowest BCUT2D eigenvalue weighted by Gasteiger charge is -2.15. The van der Waals surface area contributed by atoms with Crippen LogP contribution in [-0.2, 0) is 24.1 Å². The number of aromatic nitrogens is 2. The molecule has 2 aromatic heterocycles. The van der Waals surface area contributed by atoms with Gasteiger partial charge in [-0.15, -0.1) is 0 Å². The molecule has 2 heterocycles. The molecular weight excluding hydrogens is 316 g/mol. The van der Waals surface area contributed by atoms with Gasteiger partial charge in [-0.1, -0.05) is 18.1 Å². The molecule has 0 unspecified atom stereocenters. The Morgan fingerprint density at radius 2 is 2.32 bits per heavy atom. The number of H-pyrrole nitrogens is 1. The summed E-state index contributed by atoms with van der Waals surface area (Å²) >= 11 is 0. The van der Waals surface area contributed by atoms with Crippen molar-refractivity contribution in [3.63, 3.8) is 0 Å². The van der Waals surface area contributed by atoms with Crippen LogP contribution in [0.3, 0.4) is 0 Å². The van der Waals surface area contributed by atoms with Crippen molar-refractivity contribution >= 4 is 11.8 Å². The van der Waals surface area contributed by atoms with Crippen molar-refractivity contribution in [1.29, 1.82) is 0 Å². The predicted octanol–water partition coefficient (Wildman–Crippen LogP) is 3.29. The first-order valence-corrected chi connectivity index (χ1v) is 8.80. The van der Waals surface area contributed by atoms with Gasteiger partial charge in [-0.05, 0) is 56.2 Å².